The van der Waals surface area contributed by atoms with Crippen LogP contribution >= 0.6 is 0 Å². The van der Waals surface area contributed by atoms with Crippen molar-refractivity contribution in [3.8, 4) is 0 Å². The van der Waals surface area contributed by atoms with E-state index in [2.05, 4.69) is 0 Å². The van der Waals surface area contributed by atoms with Gasteiger partial charge in [0.1, 0.15) is 5.58 Å². The lowest BCUT2D eigenvalue weighted by molar-refractivity contribution is -0.604. The van der Waals surface area contributed by atoms with Gasteiger partial charge in [0.25, 0.3) is 0 Å². The molecule has 0 fully saturated rings. The number of hydrogen-bond donors (Lipinski definition) is 0. The molecule has 0 atom stereocenters. The first-order valence-electron chi connectivity index (χ1n) is 4.38. The molecule has 0 saturated carbocycles. The minimum atomic E-state index is 0.480. The van der Waals surface area contributed by atoms with E-state index in [1.807, 2.05) is 0 Å². The fraction of sp³-hybridized carbons (Fsp3) is 0. The van der Waals surface area contributed by atoms with Crippen molar-refractivity contribution in [1.29, 1.82) is 0 Å². The van der Waals surface area contributed by atoms with E-state index in [1.54, 1.807) is 12.1 Å². The first kappa shape index (κ1) is 8.05. The predicted octanol–water partition coefficient (Wildman–Crippen LogP) is 0.853. The zero-order valence-electron chi connectivity index (χ0n) is 7.58. The number of pyridine rings is 2. The summed E-state index contributed by atoms with van der Waals surface area (Å²) in [5, 5.41) is 23.6. The van der Waals surface area contributed by atoms with Crippen LogP contribution in [0.4, 0.5) is 0 Å². The summed E-state index contributed by atoms with van der Waals surface area (Å²) in [6, 6.07) is 3.21. The molecule has 0 spiro atoms. The van der Waals surface area contributed by atoms with Crippen LogP contribution < -0.4 is 9.46 Å². The van der Waals surface area contributed by atoms with Gasteiger partial charge >= 0.3 is 0 Å². The van der Waals surface area contributed by atoms with Crippen LogP contribution in [0, 0.1) is 10.4 Å². The molecule has 3 aromatic heterocycles. The van der Waals surface area contributed by atoms with Crippen LogP contribution in [0.2, 0.25) is 0 Å². The Hall–Kier alpha value is -2.30. The Labute approximate surface area is 83.9 Å². The van der Waals surface area contributed by atoms with Gasteiger partial charge in [-0.2, -0.15) is 9.46 Å². The lowest BCUT2D eigenvalue weighted by atomic mass is 10.2. The topological polar surface area (TPSA) is 67.0 Å². The van der Waals surface area contributed by atoms with E-state index in [1.165, 1.54) is 24.8 Å². The Morgan fingerprint density at radius 2 is 1.60 bits per heavy atom. The zero-order chi connectivity index (χ0) is 10.4. The summed E-state index contributed by atoms with van der Waals surface area (Å²) in [5.41, 5.74) is 1.08. The number of hydrogen-bond acceptors (Lipinski definition) is 3. The van der Waals surface area contributed by atoms with Crippen molar-refractivity contribution in [3.63, 3.8) is 0 Å². The smallest absolute Gasteiger partial charge is 0.223 e. The van der Waals surface area contributed by atoms with Gasteiger partial charge in [-0.3, -0.25) is 0 Å². The predicted molar refractivity (Wildman–Crippen MR) is 51.6 cm³/mol. The molecule has 0 aliphatic heterocycles. The van der Waals surface area contributed by atoms with E-state index < -0.39 is 0 Å². The highest BCUT2D eigenvalue weighted by Gasteiger charge is 2.11. The maximum absolute atomic E-state index is 11.1. The van der Waals surface area contributed by atoms with Gasteiger partial charge in [-0.15, -0.1) is 0 Å². The van der Waals surface area contributed by atoms with Gasteiger partial charge in [0.2, 0.25) is 11.8 Å². The molecule has 0 bridgehead atoms. The highest BCUT2D eigenvalue weighted by atomic mass is 16.5. The van der Waals surface area contributed by atoms with Crippen molar-refractivity contribution in [2.45, 2.75) is 0 Å². The third-order valence-corrected chi connectivity index (χ3v) is 2.30. The molecule has 0 N–H and O–H groups in total. The van der Waals surface area contributed by atoms with Gasteiger partial charge in [0.15, 0.2) is 18.6 Å². The highest BCUT2D eigenvalue weighted by Crippen LogP contribution is 2.25. The second-order valence-corrected chi connectivity index (χ2v) is 3.27. The normalized spacial score (nSPS) is 11.2. The number of fused-ring (bicyclic) bond motifs is 3. The molecule has 0 unspecified atom stereocenters. The molecule has 5 nitrogen and oxygen atoms in total. The second kappa shape index (κ2) is 2.60. The van der Waals surface area contributed by atoms with Crippen molar-refractivity contribution >= 4 is 21.9 Å². The molecule has 0 amide bonds. The monoisotopic (exact) mass is 202 g/mol. The zero-order valence-corrected chi connectivity index (χ0v) is 7.58. The molecule has 3 aromatic rings. The van der Waals surface area contributed by atoms with E-state index >= 15 is 0 Å². The van der Waals surface area contributed by atoms with E-state index in [-0.39, 0.29) is 0 Å². The fourth-order valence-corrected chi connectivity index (χ4v) is 1.64. The average molecular weight is 202 g/mol. The molecular formula is C10H6N2O3. The second-order valence-electron chi connectivity index (χ2n) is 3.27. The van der Waals surface area contributed by atoms with Crippen LogP contribution in [-0.2, 0) is 0 Å². The standard InChI is InChI=1S/C10H6N2O3/c13-11-4-2-9-8(5-11)7-1-3-12(14)6-10(7)15-9/h1-6H. The molecule has 0 radical (unpaired) electrons. The van der Waals surface area contributed by atoms with Crippen LogP contribution in [0.25, 0.3) is 21.9 Å². The Balaban J connectivity index is 2.53. The Morgan fingerprint density at radius 1 is 0.867 bits per heavy atom. The van der Waals surface area contributed by atoms with Crippen LogP contribution in [0.3, 0.4) is 0 Å². The lowest BCUT2D eigenvalue weighted by Gasteiger charge is -1.93. The Kier molecular flexibility index (Phi) is 1.39. The first-order valence-corrected chi connectivity index (χ1v) is 4.38. The van der Waals surface area contributed by atoms with Gasteiger partial charge in [-0.1, -0.05) is 0 Å². The summed E-state index contributed by atoms with van der Waals surface area (Å²) >= 11 is 0. The molecular weight excluding hydrogens is 196 g/mol. The van der Waals surface area contributed by atoms with E-state index in [9.17, 15) is 10.4 Å². The van der Waals surface area contributed by atoms with Gasteiger partial charge < -0.3 is 14.8 Å². The van der Waals surface area contributed by atoms with Crippen LogP contribution in [0.1, 0.15) is 0 Å². The molecule has 5 heteroatoms. The fourth-order valence-electron chi connectivity index (χ4n) is 1.64. The SMILES string of the molecule is [O-][n+]1ccc2c(c1)oc1cc[n+]([O-])cc12. The molecule has 74 valence electrons. The van der Waals surface area contributed by atoms with Crippen molar-refractivity contribution in [1.82, 2.24) is 0 Å². The molecule has 0 aromatic carbocycles. The number of rotatable bonds is 0. The van der Waals surface area contributed by atoms with E-state index in [4.69, 9.17) is 4.42 Å². The van der Waals surface area contributed by atoms with Gasteiger partial charge in [-0.05, 0) is 0 Å². The maximum Gasteiger partial charge on any atom is 0.223 e. The minimum Gasteiger partial charge on any atom is -0.619 e. The van der Waals surface area contributed by atoms with Crippen LogP contribution in [-0.4, -0.2) is 0 Å². The van der Waals surface area contributed by atoms with Crippen molar-refractivity contribution in [2.24, 2.45) is 0 Å². The summed E-state index contributed by atoms with van der Waals surface area (Å²) in [6.45, 7) is 0. The molecule has 3 heterocycles. The minimum absolute atomic E-state index is 0.480. The Morgan fingerprint density at radius 3 is 2.47 bits per heavy atom. The van der Waals surface area contributed by atoms with Gasteiger partial charge in [0, 0.05) is 17.5 Å². The summed E-state index contributed by atoms with van der Waals surface area (Å²) < 4.78 is 6.78. The van der Waals surface area contributed by atoms with Gasteiger partial charge in [0.05, 0.1) is 5.39 Å². The summed E-state index contributed by atoms with van der Waals surface area (Å²) in [6.07, 6.45) is 5.50. The van der Waals surface area contributed by atoms with Crippen molar-refractivity contribution < 1.29 is 13.9 Å². The third kappa shape index (κ3) is 1.10. The lowest BCUT2D eigenvalue weighted by Crippen LogP contribution is -2.24. The van der Waals surface area contributed by atoms with Gasteiger partial charge in [-0.25, -0.2) is 0 Å². The largest absolute Gasteiger partial charge is 0.619 e. The molecule has 0 saturated heterocycles. The first-order chi connectivity index (χ1) is 7.24. The molecule has 0 aliphatic rings. The molecule has 0 aliphatic carbocycles. The summed E-state index contributed by atoms with van der Waals surface area (Å²) in [4.78, 5) is 0. The van der Waals surface area contributed by atoms with Crippen LogP contribution in [0.15, 0.2) is 41.3 Å². The number of aromatic nitrogens is 2. The maximum atomic E-state index is 11.1. The summed E-state index contributed by atoms with van der Waals surface area (Å²) in [5.74, 6) is 0. The quantitative estimate of drug-likeness (QED) is 0.401. The van der Waals surface area contributed by atoms with Crippen molar-refractivity contribution in [3.05, 3.63) is 47.3 Å². The molecule has 15 heavy (non-hydrogen) atoms. The van der Waals surface area contributed by atoms with Crippen LogP contribution in [0.5, 0.6) is 0 Å². The summed E-state index contributed by atoms with van der Waals surface area (Å²) in [7, 11) is 0. The molecule has 3 rings (SSSR count). The van der Waals surface area contributed by atoms with E-state index in [0.717, 1.165) is 5.39 Å². The third-order valence-electron chi connectivity index (χ3n) is 2.30. The Bertz CT molecular complexity index is 660. The number of furan rings is 1. The number of nitrogens with zero attached hydrogens (tertiary/aromatic N) is 2. The van der Waals surface area contributed by atoms with Crippen molar-refractivity contribution in [2.75, 3.05) is 0 Å². The average Bonchev–Trinajstić information content (AvgIpc) is 2.54. The van der Waals surface area contributed by atoms with E-state index in [0.29, 0.717) is 26.0 Å². The highest BCUT2D eigenvalue weighted by molar-refractivity contribution is 6.03.